The predicted octanol–water partition coefficient (Wildman–Crippen LogP) is 2.36. The van der Waals surface area contributed by atoms with Gasteiger partial charge < -0.3 is 10.6 Å². The van der Waals surface area contributed by atoms with Crippen molar-refractivity contribution in [2.45, 2.75) is 20.8 Å². The van der Waals surface area contributed by atoms with Crippen LogP contribution in [0.2, 0.25) is 0 Å². The van der Waals surface area contributed by atoms with Gasteiger partial charge in [-0.3, -0.25) is 0 Å². The van der Waals surface area contributed by atoms with Crippen LogP contribution in [-0.2, 0) is 0 Å². The molecule has 1 aromatic carbocycles. The second-order valence-corrected chi connectivity index (χ2v) is 5.03. The molecule has 4 nitrogen and oxygen atoms in total. The molecule has 19 heavy (non-hydrogen) atoms. The van der Waals surface area contributed by atoms with E-state index in [0.29, 0.717) is 12.5 Å². The second kappa shape index (κ2) is 5.97. The van der Waals surface area contributed by atoms with Gasteiger partial charge in [-0.1, -0.05) is 31.2 Å². The van der Waals surface area contributed by atoms with Crippen LogP contribution in [0, 0.1) is 12.8 Å². The maximum atomic E-state index is 5.73. The number of hydrogen-bond donors (Lipinski definition) is 1. The first-order chi connectivity index (χ1) is 9.17. The topological polar surface area (TPSA) is 55.0 Å². The van der Waals surface area contributed by atoms with Crippen LogP contribution in [0.1, 0.15) is 19.5 Å². The summed E-state index contributed by atoms with van der Waals surface area (Å²) in [5, 5.41) is 11.0. The van der Waals surface area contributed by atoms with Gasteiger partial charge in [-0.05, 0) is 26.3 Å². The first kappa shape index (κ1) is 13.7. The third kappa shape index (κ3) is 2.84. The summed E-state index contributed by atoms with van der Waals surface area (Å²) in [5.41, 5.74) is 6.70. The Bertz CT molecular complexity index is 553. The summed E-state index contributed by atoms with van der Waals surface area (Å²) in [4.78, 5) is 2.26. The Labute approximate surface area is 114 Å². The number of nitrogens with two attached hydrogens (primary N) is 1. The van der Waals surface area contributed by atoms with Crippen LogP contribution in [0.4, 0.5) is 5.82 Å². The minimum Gasteiger partial charge on any atom is -0.355 e. The number of fused-ring (bicyclic) bond motifs is 1. The molecule has 0 radical (unpaired) electrons. The molecule has 1 unspecified atom stereocenters. The summed E-state index contributed by atoms with van der Waals surface area (Å²) in [6.45, 7) is 8.80. The fourth-order valence-electron chi connectivity index (χ4n) is 2.27. The van der Waals surface area contributed by atoms with E-state index in [-0.39, 0.29) is 0 Å². The smallest absolute Gasteiger partial charge is 0.159 e. The van der Waals surface area contributed by atoms with Crippen LogP contribution in [0.3, 0.4) is 0 Å². The van der Waals surface area contributed by atoms with Crippen molar-refractivity contribution >= 4 is 16.6 Å². The number of nitrogens with zero attached hydrogens (tertiary/aromatic N) is 3. The molecule has 0 aliphatic carbocycles. The zero-order valence-corrected chi connectivity index (χ0v) is 11.9. The van der Waals surface area contributed by atoms with Crippen LogP contribution >= 0.6 is 0 Å². The average Bonchev–Trinajstić information content (AvgIpc) is 2.45. The Morgan fingerprint density at radius 2 is 1.89 bits per heavy atom. The van der Waals surface area contributed by atoms with E-state index in [1.165, 1.54) is 10.8 Å². The number of hydrogen-bond acceptors (Lipinski definition) is 4. The monoisotopic (exact) mass is 258 g/mol. The zero-order valence-electron chi connectivity index (χ0n) is 11.9. The summed E-state index contributed by atoms with van der Waals surface area (Å²) >= 11 is 0. The lowest BCUT2D eigenvalue weighted by atomic mass is 10.1. The van der Waals surface area contributed by atoms with E-state index in [4.69, 9.17) is 5.73 Å². The molecule has 0 aliphatic heterocycles. The Hall–Kier alpha value is -1.68. The fourth-order valence-corrected chi connectivity index (χ4v) is 2.27. The van der Waals surface area contributed by atoms with Crippen LogP contribution < -0.4 is 10.6 Å². The average molecular weight is 258 g/mol. The van der Waals surface area contributed by atoms with Gasteiger partial charge >= 0.3 is 0 Å². The van der Waals surface area contributed by atoms with Crippen LogP contribution in [0.25, 0.3) is 10.8 Å². The lowest BCUT2D eigenvalue weighted by Gasteiger charge is -2.25. The van der Waals surface area contributed by atoms with Crippen molar-refractivity contribution in [2.24, 2.45) is 11.7 Å². The number of aromatic nitrogens is 2. The SMILES string of the molecule is CCN(CC(C)CN)c1nnc(C)c2ccccc12. The van der Waals surface area contributed by atoms with E-state index in [2.05, 4.69) is 41.1 Å². The molecular formula is C15H22N4. The summed E-state index contributed by atoms with van der Waals surface area (Å²) in [7, 11) is 0. The summed E-state index contributed by atoms with van der Waals surface area (Å²) in [5.74, 6) is 1.41. The third-order valence-electron chi connectivity index (χ3n) is 3.47. The molecule has 0 saturated carbocycles. The lowest BCUT2D eigenvalue weighted by molar-refractivity contribution is 0.572. The predicted molar refractivity (Wildman–Crippen MR) is 80.4 cm³/mol. The Balaban J connectivity index is 2.46. The number of rotatable bonds is 5. The summed E-state index contributed by atoms with van der Waals surface area (Å²) in [6.07, 6.45) is 0. The van der Waals surface area contributed by atoms with E-state index in [9.17, 15) is 0 Å². The third-order valence-corrected chi connectivity index (χ3v) is 3.47. The van der Waals surface area contributed by atoms with Crippen molar-refractivity contribution in [3.8, 4) is 0 Å². The quantitative estimate of drug-likeness (QED) is 0.894. The van der Waals surface area contributed by atoms with Gasteiger partial charge in [-0.15, -0.1) is 5.10 Å². The van der Waals surface area contributed by atoms with Crippen molar-refractivity contribution < 1.29 is 0 Å². The highest BCUT2D eigenvalue weighted by Gasteiger charge is 2.14. The van der Waals surface area contributed by atoms with Crippen molar-refractivity contribution in [1.82, 2.24) is 10.2 Å². The highest BCUT2D eigenvalue weighted by Crippen LogP contribution is 2.25. The minimum atomic E-state index is 0.446. The maximum Gasteiger partial charge on any atom is 0.159 e. The van der Waals surface area contributed by atoms with Gasteiger partial charge in [0.2, 0.25) is 0 Å². The van der Waals surface area contributed by atoms with Gasteiger partial charge in [0, 0.05) is 23.9 Å². The van der Waals surface area contributed by atoms with Gasteiger partial charge in [0.15, 0.2) is 5.82 Å². The standard InChI is InChI=1S/C15H22N4/c1-4-19(10-11(2)9-16)15-14-8-6-5-7-13(14)12(3)17-18-15/h5-8,11H,4,9-10,16H2,1-3H3. The van der Waals surface area contributed by atoms with Gasteiger partial charge in [0.1, 0.15) is 0 Å². The number of benzene rings is 1. The molecule has 0 fully saturated rings. The largest absolute Gasteiger partial charge is 0.355 e. The first-order valence-corrected chi connectivity index (χ1v) is 6.84. The lowest BCUT2D eigenvalue weighted by Crippen LogP contribution is -2.32. The Kier molecular flexibility index (Phi) is 4.32. The van der Waals surface area contributed by atoms with E-state index in [1.807, 2.05) is 19.1 Å². The van der Waals surface area contributed by atoms with E-state index >= 15 is 0 Å². The van der Waals surface area contributed by atoms with Crippen molar-refractivity contribution in [3.63, 3.8) is 0 Å². The molecule has 0 spiro atoms. The molecule has 0 bridgehead atoms. The number of anilines is 1. The molecule has 102 valence electrons. The molecule has 1 heterocycles. The zero-order chi connectivity index (χ0) is 13.8. The summed E-state index contributed by atoms with van der Waals surface area (Å²) < 4.78 is 0. The summed E-state index contributed by atoms with van der Waals surface area (Å²) in [6, 6.07) is 8.30. The second-order valence-electron chi connectivity index (χ2n) is 5.03. The van der Waals surface area contributed by atoms with Gasteiger partial charge in [0.25, 0.3) is 0 Å². The molecule has 0 amide bonds. The normalized spacial score (nSPS) is 12.6. The van der Waals surface area contributed by atoms with E-state index in [0.717, 1.165) is 24.6 Å². The maximum absolute atomic E-state index is 5.73. The number of aryl methyl sites for hydroxylation is 1. The molecule has 1 atom stereocenters. The molecule has 0 aliphatic rings. The minimum absolute atomic E-state index is 0.446. The van der Waals surface area contributed by atoms with Crippen molar-refractivity contribution in [2.75, 3.05) is 24.5 Å². The Morgan fingerprint density at radius 1 is 1.21 bits per heavy atom. The highest BCUT2D eigenvalue weighted by atomic mass is 15.3. The highest BCUT2D eigenvalue weighted by molar-refractivity contribution is 5.93. The molecular weight excluding hydrogens is 236 g/mol. The van der Waals surface area contributed by atoms with Crippen LogP contribution in [-0.4, -0.2) is 29.8 Å². The fraction of sp³-hybridized carbons (Fsp3) is 0.467. The van der Waals surface area contributed by atoms with Gasteiger partial charge in [-0.25, -0.2) is 0 Å². The molecule has 0 saturated heterocycles. The van der Waals surface area contributed by atoms with E-state index < -0.39 is 0 Å². The van der Waals surface area contributed by atoms with Crippen LogP contribution in [0.5, 0.6) is 0 Å². The van der Waals surface area contributed by atoms with E-state index in [1.54, 1.807) is 0 Å². The Morgan fingerprint density at radius 3 is 2.53 bits per heavy atom. The molecule has 2 aromatic rings. The molecule has 4 heteroatoms. The molecule has 2 N–H and O–H groups in total. The first-order valence-electron chi connectivity index (χ1n) is 6.84. The molecule has 2 rings (SSSR count). The van der Waals surface area contributed by atoms with Crippen LogP contribution in [0.15, 0.2) is 24.3 Å². The van der Waals surface area contributed by atoms with Gasteiger partial charge in [-0.2, -0.15) is 5.10 Å². The molecule has 1 aromatic heterocycles. The van der Waals surface area contributed by atoms with Crippen molar-refractivity contribution in [3.05, 3.63) is 30.0 Å². The van der Waals surface area contributed by atoms with Gasteiger partial charge in [0.05, 0.1) is 5.69 Å². The van der Waals surface area contributed by atoms with Crippen molar-refractivity contribution in [1.29, 1.82) is 0 Å².